The van der Waals surface area contributed by atoms with Crippen LogP contribution in [0.15, 0.2) is 4.79 Å². The third-order valence-corrected chi connectivity index (χ3v) is 5.03. The summed E-state index contributed by atoms with van der Waals surface area (Å²) in [6.45, 7) is 7.28. The number of carbonyl (C=O) groups excluding carboxylic acids is 1. The maximum Gasteiger partial charge on any atom is 0.326 e. The molecule has 2 heterocycles. The molecule has 2 aromatic rings. The van der Waals surface area contributed by atoms with Crippen molar-refractivity contribution in [1.29, 1.82) is 0 Å². The number of thiophene rings is 1. The number of hydrogen-bond donors (Lipinski definition) is 3. The van der Waals surface area contributed by atoms with Crippen LogP contribution in [-0.4, -0.2) is 33.0 Å². The molecule has 130 valence electrons. The Hall–Kier alpha value is -2.22. The van der Waals surface area contributed by atoms with Crippen LogP contribution in [0, 0.1) is 19.8 Å². The third kappa shape index (κ3) is 3.81. The van der Waals surface area contributed by atoms with Gasteiger partial charge in [0.2, 0.25) is 5.91 Å². The number of carbonyl (C=O) groups is 2. The Kier molecular flexibility index (Phi) is 5.38. The summed E-state index contributed by atoms with van der Waals surface area (Å²) in [4.78, 5) is 44.0. The molecule has 24 heavy (non-hydrogen) atoms. The number of amides is 1. The molecule has 0 aromatic carbocycles. The van der Waals surface area contributed by atoms with Gasteiger partial charge in [0.25, 0.3) is 5.56 Å². The van der Waals surface area contributed by atoms with Gasteiger partial charge >= 0.3 is 5.97 Å². The lowest BCUT2D eigenvalue weighted by Crippen LogP contribution is -2.44. The maximum atomic E-state index is 12.2. The van der Waals surface area contributed by atoms with Crippen LogP contribution in [0.25, 0.3) is 10.2 Å². The minimum Gasteiger partial charge on any atom is -0.480 e. The van der Waals surface area contributed by atoms with Crippen molar-refractivity contribution < 1.29 is 14.7 Å². The quantitative estimate of drug-likeness (QED) is 0.734. The van der Waals surface area contributed by atoms with Crippen molar-refractivity contribution in [3.8, 4) is 0 Å². The molecule has 0 spiro atoms. The average molecular weight is 351 g/mol. The van der Waals surface area contributed by atoms with E-state index in [0.29, 0.717) is 16.0 Å². The van der Waals surface area contributed by atoms with E-state index in [1.165, 1.54) is 11.3 Å². The second-order valence-corrected chi connectivity index (χ2v) is 7.31. The molecular formula is C16H21N3O4S. The van der Waals surface area contributed by atoms with Crippen molar-refractivity contribution >= 4 is 33.4 Å². The molecule has 0 unspecified atom stereocenters. The largest absolute Gasteiger partial charge is 0.480 e. The molecular weight excluding hydrogens is 330 g/mol. The first-order valence-electron chi connectivity index (χ1n) is 7.71. The SMILES string of the molecule is Cc1sc2nc(CCC(=O)N[C@H](C(=O)O)C(C)C)[nH]c(=O)c2c1C. The predicted octanol–water partition coefficient (Wildman–Crippen LogP) is 1.76. The fourth-order valence-electron chi connectivity index (χ4n) is 2.41. The van der Waals surface area contributed by atoms with Gasteiger partial charge in [0.1, 0.15) is 16.7 Å². The van der Waals surface area contributed by atoms with Crippen LogP contribution in [0.5, 0.6) is 0 Å². The molecule has 7 nitrogen and oxygen atoms in total. The van der Waals surface area contributed by atoms with Gasteiger partial charge in [-0.3, -0.25) is 9.59 Å². The van der Waals surface area contributed by atoms with Gasteiger partial charge in [-0.2, -0.15) is 0 Å². The van der Waals surface area contributed by atoms with E-state index in [-0.39, 0.29) is 30.2 Å². The van der Waals surface area contributed by atoms with Crippen LogP contribution >= 0.6 is 11.3 Å². The summed E-state index contributed by atoms with van der Waals surface area (Å²) in [6, 6.07) is -0.922. The Balaban J connectivity index is 2.09. The fraction of sp³-hybridized carbons (Fsp3) is 0.500. The number of carboxylic acid groups (broad SMARTS) is 1. The molecule has 0 aliphatic rings. The first kappa shape index (κ1) is 18.1. The second kappa shape index (κ2) is 7.12. The van der Waals surface area contributed by atoms with E-state index in [1.54, 1.807) is 13.8 Å². The van der Waals surface area contributed by atoms with Crippen LogP contribution in [0.4, 0.5) is 0 Å². The number of rotatable bonds is 6. The number of aromatic amines is 1. The van der Waals surface area contributed by atoms with Gasteiger partial charge in [-0.25, -0.2) is 9.78 Å². The van der Waals surface area contributed by atoms with E-state index < -0.39 is 12.0 Å². The topological polar surface area (TPSA) is 112 Å². The minimum atomic E-state index is -1.06. The lowest BCUT2D eigenvalue weighted by Gasteiger charge is -2.17. The Morgan fingerprint density at radius 2 is 2.00 bits per heavy atom. The number of aromatic nitrogens is 2. The molecule has 1 amide bonds. The monoisotopic (exact) mass is 351 g/mol. The van der Waals surface area contributed by atoms with Gasteiger partial charge in [0.05, 0.1) is 5.39 Å². The van der Waals surface area contributed by atoms with E-state index >= 15 is 0 Å². The number of aryl methyl sites for hydroxylation is 3. The van der Waals surface area contributed by atoms with Crippen molar-refractivity contribution in [2.24, 2.45) is 5.92 Å². The summed E-state index contributed by atoms with van der Waals surface area (Å²) in [5, 5.41) is 12.2. The van der Waals surface area contributed by atoms with Crippen molar-refractivity contribution in [2.45, 2.75) is 46.6 Å². The normalized spacial score (nSPS) is 12.5. The standard InChI is InChI=1S/C16H21N3O4S/c1-7(2)13(16(22)23)19-11(20)6-5-10-17-14(21)12-8(3)9(4)24-15(12)18-10/h7,13H,5-6H2,1-4H3,(H,19,20)(H,22,23)(H,17,18,21)/t13-/m0/s1. The number of H-pyrrole nitrogens is 1. The van der Waals surface area contributed by atoms with Crippen LogP contribution in [0.1, 0.15) is 36.5 Å². The van der Waals surface area contributed by atoms with Crippen LogP contribution in [0.3, 0.4) is 0 Å². The molecule has 0 bridgehead atoms. The molecule has 0 aliphatic carbocycles. The number of fused-ring (bicyclic) bond motifs is 1. The smallest absolute Gasteiger partial charge is 0.326 e. The number of nitrogens with one attached hydrogen (secondary N) is 2. The summed E-state index contributed by atoms with van der Waals surface area (Å²) < 4.78 is 0. The highest BCUT2D eigenvalue weighted by Crippen LogP contribution is 2.25. The number of nitrogens with zero attached hydrogens (tertiary/aromatic N) is 1. The molecule has 0 fully saturated rings. The second-order valence-electron chi connectivity index (χ2n) is 6.10. The summed E-state index contributed by atoms with van der Waals surface area (Å²) in [7, 11) is 0. The highest BCUT2D eigenvalue weighted by molar-refractivity contribution is 7.18. The van der Waals surface area contributed by atoms with Crippen LogP contribution in [-0.2, 0) is 16.0 Å². The third-order valence-electron chi connectivity index (χ3n) is 3.93. The van der Waals surface area contributed by atoms with E-state index in [4.69, 9.17) is 5.11 Å². The first-order chi connectivity index (χ1) is 11.2. The maximum absolute atomic E-state index is 12.2. The Morgan fingerprint density at radius 3 is 2.58 bits per heavy atom. The van der Waals surface area contributed by atoms with Gasteiger partial charge in [-0.15, -0.1) is 11.3 Å². The average Bonchev–Trinajstić information content (AvgIpc) is 2.77. The van der Waals surface area contributed by atoms with Crippen molar-refractivity contribution in [2.75, 3.05) is 0 Å². The van der Waals surface area contributed by atoms with Gasteiger partial charge in [-0.1, -0.05) is 13.8 Å². The highest BCUT2D eigenvalue weighted by Gasteiger charge is 2.23. The number of carboxylic acids is 1. The lowest BCUT2D eigenvalue weighted by atomic mass is 10.0. The minimum absolute atomic E-state index is 0.0638. The molecule has 0 saturated heterocycles. The Bertz CT molecular complexity index is 838. The Morgan fingerprint density at radius 1 is 1.33 bits per heavy atom. The molecule has 2 rings (SSSR count). The van der Waals surface area contributed by atoms with Crippen molar-refractivity contribution in [3.63, 3.8) is 0 Å². The van der Waals surface area contributed by atoms with Crippen LogP contribution < -0.4 is 10.9 Å². The number of hydrogen-bond acceptors (Lipinski definition) is 5. The Labute approximate surface area is 143 Å². The van der Waals surface area contributed by atoms with Crippen LogP contribution in [0.2, 0.25) is 0 Å². The summed E-state index contributed by atoms with van der Waals surface area (Å²) in [6.07, 6.45) is 0.311. The first-order valence-corrected chi connectivity index (χ1v) is 8.53. The molecule has 0 radical (unpaired) electrons. The zero-order chi connectivity index (χ0) is 18.0. The molecule has 0 aliphatic heterocycles. The van der Waals surface area contributed by atoms with Crippen molar-refractivity contribution in [1.82, 2.24) is 15.3 Å². The van der Waals surface area contributed by atoms with E-state index in [0.717, 1.165) is 10.4 Å². The molecule has 0 saturated carbocycles. The molecule has 2 aromatic heterocycles. The van der Waals surface area contributed by atoms with Crippen molar-refractivity contribution in [3.05, 3.63) is 26.6 Å². The van der Waals surface area contributed by atoms with Gasteiger partial charge in [0.15, 0.2) is 0 Å². The summed E-state index contributed by atoms with van der Waals surface area (Å²) >= 11 is 1.45. The molecule has 8 heteroatoms. The highest BCUT2D eigenvalue weighted by atomic mass is 32.1. The molecule has 1 atom stereocenters. The van der Waals surface area contributed by atoms with Gasteiger partial charge in [-0.05, 0) is 25.3 Å². The van der Waals surface area contributed by atoms with Gasteiger partial charge < -0.3 is 15.4 Å². The fourth-order valence-corrected chi connectivity index (χ4v) is 3.46. The summed E-state index contributed by atoms with van der Waals surface area (Å²) in [5.74, 6) is -1.22. The zero-order valence-electron chi connectivity index (χ0n) is 14.1. The molecule has 3 N–H and O–H groups in total. The van der Waals surface area contributed by atoms with E-state index in [2.05, 4.69) is 15.3 Å². The van der Waals surface area contributed by atoms with E-state index in [9.17, 15) is 14.4 Å². The summed E-state index contributed by atoms with van der Waals surface area (Å²) in [5.41, 5.74) is 0.720. The predicted molar refractivity (Wildman–Crippen MR) is 92.4 cm³/mol. The lowest BCUT2D eigenvalue weighted by molar-refractivity contribution is -0.143. The van der Waals surface area contributed by atoms with E-state index in [1.807, 2.05) is 13.8 Å². The zero-order valence-corrected chi connectivity index (χ0v) is 14.9. The van der Waals surface area contributed by atoms with Gasteiger partial charge in [0, 0.05) is 17.7 Å². The number of aliphatic carboxylic acids is 1.